The first-order valence-corrected chi connectivity index (χ1v) is 6.72. The van der Waals surface area contributed by atoms with Crippen molar-refractivity contribution in [3.8, 4) is 5.75 Å². The van der Waals surface area contributed by atoms with E-state index in [2.05, 4.69) is 0 Å². The number of halogens is 6. The number of carboxylic acid groups (broad SMARTS) is 1. The van der Waals surface area contributed by atoms with Crippen molar-refractivity contribution in [1.82, 2.24) is 0 Å². The van der Waals surface area contributed by atoms with Gasteiger partial charge in [-0.05, 0) is 36.4 Å². The molecule has 3 nitrogen and oxygen atoms in total. The Hall–Kier alpha value is -2.71. The highest BCUT2D eigenvalue weighted by Gasteiger charge is 2.32. The van der Waals surface area contributed by atoms with Gasteiger partial charge in [0, 0.05) is 5.56 Å². The van der Waals surface area contributed by atoms with Gasteiger partial charge < -0.3 is 9.84 Å². The molecule has 0 spiro atoms. The summed E-state index contributed by atoms with van der Waals surface area (Å²) in [6.45, 7) is 0. The maximum absolute atomic E-state index is 12.5. The third-order valence-corrected chi connectivity index (χ3v) is 3.20. The average molecular weight is 364 g/mol. The van der Waals surface area contributed by atoms with Gasteiger partial charge in [0.15, 0.2) is 0 Å². The van der Waals surface area contributed by atoms with E-state index in [0.29, 0.717) is 24.3 Å². The van der Waals surface area contributed by atoms with Gasteiger partial charge in [-0.2, -0.15) is 26.3 Å². The summed E-state index contributed by atoms with van der Waals surface area (Å²) in [6, 6.07) is 6.55. The fourth-order valence-electron chi connectivity index (χ4n) is 1.97. The van der Waals surface area contributed by atoms with Crippen molar-refractivity contribution in [3.63, 3.8) is 0 Å². The van der Waals surface area contributed by atoms with Crippen LogP contribution in [0.5, 0.6) is 5.75 Å². The second-order valence-electron chi connectivity index (χ2n) is 4.98. The van der Waals surface area contributed by atoms with Gasteiger partial charge >= 0.3 is 18.3 Å². The van der Waals surface area contributed by atoms with E-state index in [1.54, 1.807) is 0 Å². The molecule has 0 amide bonds. The fraction of sp³-hybridized carbons (Fsp3) is 0.188. The van der Waals surface area contributed by atoms with Crippen molar-refractivity contribution in [2.75, 3.05) is 0 Å². The predicted octanol–water partition coefficient (Wildman–Crippen LogP) is 4.93. The SMILES string of the molecule is O=C(O)C(Oc1ccc(C(F)(F)F)cc1)c1ccc(C(F)(F)F)cc1. The fourth-order valence-corrected chi connectivity index (χ4v) is 1.97. The molecule has 0 aliphatic rings. The number of benzene rings is 2. The summed E-state index contributed by atoms with van der Waals surface area (Å²) < 4.78 is 80.1. The lowest BCUT2D eigenvalue weighted by Gasteiger charge is -2.17. The highest BCUT2D eigenvalue weighted by Crippen LogP contribution is 2.33. The van der Waals surface area contributed by atoms with Crippen molar-refractivity contribution in [2.45, 2.75) is 18.5 Å². The lowest BCUT2D eigenvalue weighted by atomic mass is 10.1. The Labute approximate surface area is 137 Å². The molecule has 1 unspecified atom stereocenters. The zero-order valence-electron chi connectivity index (χ0n) is 12.2. The molecule has 2 aromatic rings. The molecule has 0 fully saturated rings. The maximum atomic E-state index is 12.5. The molecule has 0 saturated heterocycles. The molecular formula is C16H10F6O3. The van der Waals surface area contributed by atoms with E-state index in [0.717, 1.165) is 24.3 Å². The zero-order valence-corrected chi connectivity index (χ0v) is 12.2. The lowest BCUT2D eigenvalue weighted by molar-refractivity contribution is -0.145. The van der Waals surface area contributed by atoms with Crippen molar-refractivity contribution in [1.29, 1.82) is 0 Å². The molecule has 0 aromatic heterocycles. The molecule has 25 heavy (non-hydrogen) atoms. The van der Waals surface area contributed by atoms with Crippen LogP contribution in [-0.2, 0) is 17.1 Å². The summed E-state index contributed by atoms with van der Waals surface area (Å²) in [6.07, 6.45) is -10.8. The van der Waals surface area contributed by atoms with Gasteiger partial charge in [-0.25, -0.2) is 4.79 Å². The first-order chi connectivity index (χ1) is 11.5. The van der Waals surface area contributed by atoms with E-state index in [1.165, 1.54) is 0 Å². The largest absolute Gasteiger partial charge is 0.478 e. The molecule has 2 aromatic carbocycles. The average Bonchev–Trinajstić information content (AvgIpc) is 2.51. The van der Waals surface area contributed by atoms with Gasteiger partial charge in [0.1, 0.15) is 5.75 Å². The molecule has 0 radical (unpaired) electrons. The van der Waals surface area contributed by atoms with E-state index in [9.17, 15) is 36.2 Å². The first kappa shape index (κ1) is 18.6. The van der Waals surface area contributed by atoms with E-state index in [-0.39, 0.29) is 11.3 Å². The van der Waals surface area contributed by atoms with Crippen LogP contribution in [0.3, 0.4) is 0 Å². The molecule has 0 saturated carbocycles. The summed E-state index contributed by atoms with van der Waals surface area (Å²) in [4.78, 5) is 11.3. The molecule has 1 N–H and O–H groups in total. The Morgan fingerprint density at radius 3 is 1.56 bits per heavy atom. The van der Waals surface area contributed by atoms with Crippen LogP contribution in [-0.4, -0.2) is 11.1 Å². The van der Waals surface area contributed by atoms with Gasteiger partial charge in [0.05, 0.1) is 11.1 Å². The number of ether oxygens (including phenoxy) is 1. The third kappa shape index (κ3) is 4.65. The number of hydrogen-bond donors (Lipinski definition) is 1. The van der Waals surface area contributed by atoms with Gasteiger partial charge in [0.2, 0.25) is 6.10 Å². The van der Waals surface area contributed by atoms with Gasteiger partial charge in [-0.1, -0.05) is 12.1 Å². The van der Waals surface area contributed by atoms with E-state index < -0.39 is 35.6 Å². The van der Waals surface area contributed by atoms with Crippen molar-refractivity contribution in [2.24, 2.45) is 0 Å². The van der Waals surface area contributed by atoms with Gasteiger partial charge in [-0.15, -0.1) is 0 Å². The number of aliphatic carboxylic acids is 1. The normalized spacial score (nSPS) is 13.4. The summed E-state index contributed by atoms with van der Waals surface area (Å²) in [7, 11) is 0. The summed E-state index contributed by atoms with van der Waals surface area (Å²) >= 11 is 0. The van der Waals surface area contributed by atoms with Crippen LogP contribution < -0.4 is 4.74 Å². The van der Waals surface area contributed by atoms with Crippen molar-refractivity contribution >= 4 is 5.97 Å². The highest BCUT2D eigenvalue weighted by atomic mass is 19.4. The second kappa shape index (κ2) is 6.66. The summed E-state index contributed by atoms with van der Waals surface area (Å²) in [5, 5.41) is 9.17. The minimum atomic E-state index is -4.58. The topological polar surface area (TPSA) is 46.5 Å². The quantitative estimate of drug-likeness (QED) is 0.783. The first-order valence-electron chi connectivity index (χ1n) is 6.72. The second-order valence-corrected chi connectivity index (χ2v) is 4.98. The van der Waals surface area contributed by atoms with E-state index in [4.69, 9.17) is 4.74 Å². The van der Waals surface area contributed by atoms with Crippen LogP contribution in [0.15, 0.2) is 48.5 Å². The Morgan fingerprint density at radius 2 is 1.20 bits per heavy atom. The number of alkyl halides is 6. The third-order valence-electron chi connectivity index (χ3n) is 3.20. The molecule has 0 aliphatic carbocycles. The van der Waals surface area contributed by atoms with Gasteiger partial charge in [-0.3, -0.25) is 0 Å². The van der Waals surface area contributed by atoms with Crippen molar-refractivity contribution in [3.05, 3.63) is 65.2 Å². The lowest BCUT2D eigenvalue weighted by Crippen LogP contribution is -2.18. The Balaban J connectivity index is 2.23. The molecule has 134 valence electrons. The molecular weight excluding hydrogens is 354 g/mol. The minimum absolute atomic E-state index is 0.0830. The summed E-state index contributed by atoms with van der Waals surface area (Å²) in [5.74, 6) is -1.67. The van der Waals surface area contributed by atoms with Gasteiger partial charge in [0.25, 0.3) is 0 Å². The number of carbonyl (C=O) groups is 1. The Bertz CT molecular complexity index is 732. The minimum Gasteiger partial charge on any atom is -0.478 e. The number of rotatable bonds is 4. The van der Waals surface area contributed by atoms with E-state index >= 15 is 0 Å². The van der Waals surface area contributed by atoms with Crippen molar-refractivity contribution < 1.29 is 41.0 Å². The molecule has 1 atom stereocenters. The molecule has 0 bridgehead atoms. The predicted molar refractivity (Wildman–Crippen MR) is 73.9 cm³/mol. The molecule has 9 heteroatoms. The van der Waals surface area contributed by atoms with Crippen LogP contribution in [0, 0.1) is 0 Å². The smallest absolute Gasteiger partial charge is 0.416 e. The van der Waals surface area contributed by atoms with Crippen LogP contribution in [0.4, 0.5) is 26.3 Å². The number of carboxylic acids is 1. The van der Waals surface area contributed by atoms with E-state index in [1.807, 2.05) is 0 Å². The maximum Gasteiger partial charge on any atom is 0.416 e. The zero-order chi connectivity index (χ0) is 18.8. The van der Waals surface area contributed by atoms with Crippen LogP contribution in [0.25, 0.3) is 0 Å². The monoisotopic (exact) mass is 364 g/mol. The standard InChI is InChI=1S/C16H10F6O3/c17-15(18,19)10-3-1-9(2-4-10)13(14(23)24)25-12-7-5-11(6-8-12)16(20,21)22/h1-8,13H,(H,23,24). The molecule has 0 heterocycles. The van der Waals surface area contributed by atoms with Crippen LogP contribution in [0.1, 0.15) is 22.8 Å². The van der Waals surface area contributed by atoms with Crippen LogP contribution >= 0.6 is 0 Å². The Morgan fingerprint density at radius 1 is 0.800 bits per heavy atom. The molecule has 0 aliphatic heterocycles. The Kier molecular flexibility index (Phi) is 4.96. The molecule has 2 rings (SSSR count). The number of hydrogen-bond acceptors (Lipinski definition) is 2. The van der Waals surface area contributed by atoms with Crippen LogP contribution in [0.2, 0.25) is 0 Å². The highest BCUT2D eigenvalue weighted by molar-refractivity contribution is 5.74. The summed E-state index contributed by atoms with van der Waals surface area (Å²) in [5.41, 5.74) is -1.99.